The fraction of sp³-hybridized carbons (Fsp3) is 1.00. The Balaban J connectivity index is 1.96. The summed E-state index contributed by atoms with van der Waals surface area (Å²) in [6.45, 7) is 2.86. The highest BCUT2D eigenvalue weighted by Gasteiger charge is 2.24. The molecule has 0 N–H and O–H groups in total. The molecule has 1 aliphatic rings. The zero-order valence-electron chi connectivity index (χ0n) is 6.25. The van der Waals surface area contributed by atoms with Crippen molar-refractivity contribution in [1.29, 1.82) is 0 Å². The van der Waals surface area contributed by atoms with Crippen molar-refractivity contribution >= 4 is 29.5 Å². The highest BCUT2D eigenvalue weighted by Crippen LogP contribution is 1.98. The van der Waals surface area contributed by atoms with Crippen molar-refractivity contribution in [2.45, 2.75) is 19.8 Å². The van der Waals surface area contributed by atoms with Gasteiger partial charge in [0.15, 0.2) is 0 Å². The summed E-state index contributed by atoms with van der Waals surface area (Å²) in [6.07, 6.45) is 2.20. The number of unbranched alkanes of at least 4 members (excludes halogenated alkanes) is 1. The van der Waals surface area contributed by atoms with E-state index < -0.39 is 9.53 Å². The molecule has 0 atom stereocenters. The van der Waals surface area contributed by atoms with E-state index in [1.807, 2.05) is 0 Å². The van der Waals surface area contributed by atoms with Gasteiger partial charge >= 0.3 is 29.5 Å². The zero-order chi connectivity index (χ0) is 7.94. The Morgan fingerprint density at radius 1 is 1.36 bits per heavy atom. The predicted octanol–water partition coefficient (Wildman–Crippen LogP) is -0.0802. The summed E-state index contributed by atoms with van der Waals surface area (Å²) in [5.74, 6) is 0. The van der Waals surface area contributed by atoms with Gasteiger partial charge < -0.3 is 16.8 Å². The second kappa shape index (κ2) is 6.06. The van der Waals surface area contributed by atoms with Crippen LogP contribution in [0.1, 0.15) is 19.8 Å². The molecule has 0 unspecified atom stereocenters. The molecule has 0 bridgehead atoms. The summed E-state index contributed by atoms with van der Waals surface area (Å²) in [4.78, 5) is 0. The van der Waals surface area contributed by atoms with Crippen molar-refractivity contribution in [2.24, 2.45) is 0 Å². The number of rotatable bonds is 4. The maximum absolute atomic E-state index is 5.31. The van der Waals surface area contributed by atoms with E-state index >= 15 is 0 Å². The molecule has 1 fully saturated rings. The Bertz CT molecular complexity index is 97.3. The van der Waals surface area contributed by atoms with Gasteiger partial charge in [-0.05, 0) is 6.42 Å². The van der Waals surface area contributed by atoms with Crippen molar-refractivity contribution in [3.8, 4) is 0 Å². The molecule has 0 spiro atoms. The van der Waals surface area contributed by atoms with Gasteiger partial charge in [0, 0.05) is 6.61 Å². The van der Waals surface area contributed by atoms with Gasteiger partial charge in [0.1, 0.15) is 0 Å². The van der Waals surface area contributed by atoms with Crippen LogP contribution >= 0.6 is 0 Å². The lowest BCUT2D eigenvalue weighted by atomic mass is 10.4. The largest absolute Gasteiger partial charge is 0.558 e. The third kappa shape index (κ3) is 4.16. The smallest absolute Gasteiger partial charge is 0.412 e. The van der Waals surface area contributed by atoms with Gasteiger partial charge in [-0.15, -0.1) is 0 Å². The summed E-state index contributed by atoms with van der Waals surface area (Å²) < 4.78 is 20.4. The molecule has 1 saturated heterocycles. The Hall–Kier alpha value is 0.491. The Kier molecular flexibility index (Phi) is 5.27. The average Bonchev–Trinajstić information content (AvgIpc) is 2.07. The minimum atomic E-state index is -1.42. The third-order valence-electron chi connectivity index (χ3n) is 1.05. The van der Waals surface area contributed by atoms with E-state index in [1.54, 1.807) is 0 Å². The van der Waals surface area contributed by atoms with Crippen molar-refractivity contribution in [3.63, 3.8) is 0 Å². The zero-order valence-corrected chi connectivity index (χ0v) is 9.25. The fourth-order valence-corrected chi connectivity index (χ4v) is 3.59. The van der Waals surface area contributed by atoms with Crippen molar-refractivity contribution in [3.05, 3.63) is 0 Å². The first-order valence-electron chi connectivity index (χ1n) is 3.42. The third-order valence-corrected chi connectivity index (χ3v) is 4.16. The molecule has 1 heterocycles. The van der Waals surface area contributed by atoms with Crippen LogP contribution in [0.15, 0.2) is 0 Å². The SMILES string of the molecule is CCCCO[Si]1O[Si]O[Si]O1. The monoisotopic (exact) mass is 205 g/mol. The van der Waals surface area contributed by atoms with Gasteiger partial charge in [-0.3, -0.25) is 0 Å². The lowest BCUT2D eigenvalue weighted by molar-refractivity contribution is 0.171. The average molecular weight is 205 g/mol. The van der Waals surface area contributed by atoms with Crippen molar-refractivity contribution in [1.82, 2.24) is 0 Å². The number of hydrogen-bond donors (Lipinski definition) is 0. The summed E-state index contributed by atoms with van der Waals surface area (Å²) in [7, 11) is -1.22. The quantitative estimate of drug-likeness (QED) is 0.475. The first kappa shape index (κ1) is 9.58. The molecular formula is C4H9O4Si3. The van der Waals surface area contributed by atoms with E-state index in [9.17, 15) is 0 Å². The van der Waals surface area contributed by atoms with E-state index in [0.29, 0.717) is 0 Å². The standard InChI is InChI=1S/C4H9O4Si3/c1-2-3-4-5-11-7-9-6-10-8-11/h2-4H2,1H3. The molecule has 11 heavy (non-hydrogen) atoms. The molecule has 4 nitrogen and oxygen atoms in total. The molecule has 7 heteroatoms. The Labute approximate surface area is 73.3 Å². The molecule has 61 valence electrons. The summed E-state index contributed by atoms with van der Waals surface area (Å²) in [6, 6.07) is 0. The lowest BCUT2D eigenvalue weighted by Gasteiger charge is -2.16. The lowest BCUT2D eigenvalue weighted by Crippen LogP contribution is -2.37. The van der Waals surface area contributed by atoms with Gasteiger partial charge in [0.2, 0.25) is 0 Å². The molecule has 0 aromatic rings. The second-order valence-electron chi connectivity index (χ2n) is 1.92. The van der Waals surface area contributed by atoms with E-state index in [2.05, 4.69) is 6.92 Å². The molecule has 5 radical (unpaired) electrons. The van der Waals surface area contributed by atoms with Gasteiger partial charge in [-0.25, -0.2) is 0 Å². The molecule has 0 aliphatic carbocycles. The van der Waals surface area contributed by atoms with Crippen LogP contribution in [0, 0.1) is 0 Å². The molecular weight excluding hydrogens is 196 g/mol. The van der Waals surface area contributed by atoms with Gasteiger partial charge in [0.05, 0.1) is 0 Å². The maximum Gasteiger partial charge on any atom is 0.558 e. The Morgan fingerprint density at radius 2 is 2.09 bits per heavy atom. The fourth-order valence-electron chi connectivity index (χ4n) is 0.506. The van der Waals surface area contributed by atoms with Crippen LogP contribution in [-0.4, -0.2) is 36.1 Å². The van der Waals surface area contributed by atoms with Crippen LogP contribution in [0.25, 0.3) is 0 Å². The minimum absolute atomic E-state index is 0.102. The van der Waals surface area contributed by atoms with Crippen LogP contribution < -0.4 is 0 Å². The topological polar surface area (TPSA) is 36.9 Å². The van der Waals surface area contributed by atoms with Crippen LogP contribution in [0.2, 0.25) is 0 Å². The minimum Gasteiger partial charge on any atom is -0.412 e. The highest BCUT2D eigenvalue weighted by atomic mass is 28.4. The van der Waals surface area contributed by atoms with E-state index in [1.165, 1.54) is 0 Å². The van der Waals surface area contributed by atoms with E-state index in [4.69, 9.17) is 16.8 Å². The summed E-state index contributed by atoms with van der Waals surface area (Å²) >= 11 is 0. The van der Waals surface area contributed by atoms with E-state index in [0.717, 1.165) is 19.4 Å². The highest BCUT2D eigenvalue weighted by molar-refractivity contribution is 6.57. The van der Waals surface area contributed by atoms with Crippen LogP contribution in [0.4, 0.5) is 0 Å². The van der Waals surface area contributed by atoms with Crippen LogP contribution in [0.5, 0.6) is 0 Å². The second-order valence-corrected chi connectivity index (χ2v) is 5.50. The van der Waals surface area contributed by atoms with Crippen molar-refractivity contribution in [2.75, 3.05) is 6.61 Å². The maximum atomic E-state index is 5.31. The first-order valence-corrected chi connectivity index (χ1v) is 6.28. The predicted molar refractivity (Wildman–Crippen MR) is 41.4 cm³/mol. The van der Waals surface area contributed by atoms with Gasteiger partial charge in [-0.1, -0.05) is 13.3 Å². The van der Waals surface area contributed by atoms with Gasteiger partial charge in [-0.2, -0.15) is 0 Å². The van der Waals surface area contributed by atoms with Crippen LogP contribution in [-0.2, 0) is 16.8 Å². The molecule has 0 aromatic carbocycles. The molecule has 0 saturated carbocycles. The van der Waals surface area contributed by atoms with Crippen LogP contribution in [0.3, 0.4) is 0 Å². The summed E-state index contributed by atoms with van der Waals surface area (Å²) in [5.41, 5.74) is 0. The number of hydrogen-bond acceptors (Lipinski definition) is 4. The van der Waals surface area contributed by atoms with E-state index in [-0.39, 0.29) is 20.0 Å². The summed E-state index contributed by atoms with van der Waals surface area (Å²) in [5, 5.41) is 0. The first-order chi connectivity index (χ1) is 5.43. The molecule has 1 aliphatic heterocycles. The van der Waals surface area contributed by atoms with Crippen molar-refractivity contribution < 1.29 is 16.8 Å². The molecule has 1 rings (SSSR count). The molecule has 0 aromatic heterocycles. The Morgan fingerprint density at radius 3 is 2.73 bits per heavy atom. The van der Waals surface area contributed by atoms with Gasteiger partial charge in [0.25, 0.3) is 0 Å². The molecule has 0 amide bonds. The normalized spacial score (nSPS) is 20.5.